The zero-order chi connectivity index (χ0) is 8.06. The first-order valence-corrected chi connectivity index (χ1v) is 5.17. The number of fused-ring (bicyclic) bond motifs is 2. The standard InChI is InChI=1S/C6H10O4S/c7-5-2-1-4-3-6(5)10-11(4,8)9/h4-7H,1-3H2. The minimum atomic E-state index is -3.32. The lowest BCUT2D eigenvalue weighted by molar-refractivity contribution is 0.0331. The van der Waals surface area contributed by atoms with E-state index in [-0.39, 0.29) is 5.25 Å². The van der Waals surface area contributed by atoms with Gasteiger partial charge in [-0.1, -0.05) is 0 Å². The zero-order valence-electron chi connectivity index (χ0n) is 5.93. The summed E-state index contributed by atoms with van der Waals surface area (Å²) in [6.07, 6.45) is 0.528. The smallest absolute Gasteiger partial charge is 0.270 e. The highest BCUT2D eigenvalue weighted by Crippen LogP contribution is 2.35. The molecule has 0 aromatic rings. The van der Waals surface area contributed by atoms with Crippen molar-refractivity contribution >= 4 is 10.1 Å². The van der Waals surface area contributed by atoms with E-state index in [2.05, 4.69) is 0 Å². The third-order valence-electron chi connectivity index (χ3n) is 2.37. The van der Waals surface area contributed by atoms with Crippen molar-refractivity contribution in [3.63, 3.8) is 0 Å². The summed E-state index contributed by atoms with van der Waals surface area (Å²) >= 11 is 0. The molecule has 5 heteroatoms. The predicted octanol–water partition coefficient (Wildman–Crippen LogP) is -0.372. The maximum absolute atomic E-state index is 11.1. The van der Waals surface area contributed by atoms with Gasteiger partial charge in [-0.2, -0.15) is 8.42 Å². The van der Waals surface area contributed by atoms with E-state index in [0.29, 0.717) is 19.3 Å². The van der Waals surface area contributed by atoms with E-state index in [9.17, 15) is 13.5 Å². The SMILES string of the molecule is O=S1(=O)OC2CC1CCC2O. The molecule has 4 nitrogen and oxygen atoms in total. The second-order valence-corrected chi connectivity index (χ2v) is 4.97. The summed E-state index contributed by atoms with van der Waals surface area (Å²) in [6.45, 7) is 0. The summed E-state index contributed by atoms with van der Waals surface area (Å²) < 4.78 is 26.8. The molecule has 0 radical (unpaired) electrons. The van der Waals surface area contributed by atoms with Gasteiger partial charge in [-0.05, 0) is 19.3 Å². The maximum Gasteiger partial charge on any atom is 0.270 e. The summed E-state index contributed by atoms with van der Waals surface area (Å²) in [4.78, 5) is 0. The Kier molecular flexibility index (Phi) is 1.49. The lowest BCUT2D eigenvalue weighted by Crippen LogP contribution is -2.29. The first kappa shape index (κ1) is 7.52. The van der Waals surface area contributed by atoms with Crippen LogP contribution < -0.4 is 0 Å². The average Bonchev–Trinajstić information content (AvgIpc) is 2.16. The van der Waals surface area contributed by atoms with Gasteiger partial charge in [-0.3, -0.25) is 4.18 Å². The number of hydrogen-bond donors (Lipinski definition) is 1. The van der Waals surface area contributed by atoms with E-state index in [1.54, 1.807) is 0 Å². The van der Waals surface area contributed by atoms with Gasteiger partial charge in [0.1, 0.15) is 6.10 Å². The number of hydrogen-bond acceptors (Lipinski definition) is 4. The fourth-order valence-electron chi connectivity index (χ4n) is 1.69. The molecule has 11 heavy (non-hydrogen) atoms. The van der Waals surface area contributed by atoms with Gasteiger partial charge in [0.05, 0.1) is 11.4 Å². The van der Waals surface area contributed by atoms with E-state index in [1.165, 1.54) is 0 Å². The molecule has 0 aromatic carbocycles. The van der Waals surface area contributed by atoms with Crippen LogP contribution in [0.4, 0.5) is 0 Å². The van der Waals surface area contributed by atoms with Gasteiger partial charge in [0.25, 0.3) is 10.1 Å². The third-order valence-corrected chi connectivity index (χ3v) is 4.13. The molecular weight excluding hydrogens is 168 g/mol. The number of aliphatic hydroxyl groups excluding tert-OH is 1. The van der Waals surface area contributed by atoms with Gasteiger partial charge in [0, 0.05) is 0 Å². The van der Waals surface area contributed by atoms with Crippen molar-refractivity contribution in [1.82, 2.24) is 0 Å². The normalized spacial score (nSPS) is 47.5. The van der Waals surface area contributed by atoms with Crippen LogP contribution in [0, 0.1) is 0 Å². The van der Waals surface area contributed by atoms with Crippen molar-refractivity contribution in [3.05, 3.63) is 0 Å². The average molecular weight is 178 g/mol. The van der Waals surface area contributed by atoms with E-state index < -0.39 is 22.3 Å². The fourth-order valence-corrected chi connectivity index (χ4v) is 3.25. The molecule has 64 valence electrons. The summed E-state index contributed by atoms with van der Waals surface area (Å²) in [5, 5.41) is 8.89. The Balaban J connectivity index is 2.29. The molecule has 0 aromatic heterocycles. The minimum absolute atomic E-state index is 0.351. The van der Waals surface area contributed by atoms with Gasteiger partial charge in [0.2, 0.25) is 0 Å². The largest absolute Gasteiger partial charge is 0.390 e. The molecule has 2 bridgehead atoms. The predicted molar refractivity (Wildman–Crippen MR) is 37.4 cm³/mol. The lowest BCUT2D eigenvalue weighted by atomic mass is 9.95. The molecule has 1 heterocycles. The third kappa shape index (κ3) is 1.07. The van der Waals surface area contributed by atoms with Crippen LogP contribution in [0.15, 0.2) is 0 Å². The second-order valence-electron chi connectivity index (χ2n) is 3.13. The lowest BCUT2D eigenvalue weighted by Gasteiger charge is -2.19. The molecule has 1 aliphatic heterocycles. The highest BCUT2D eigenvalue weighted by molar-refractivity contribution is 7.87. The van der Waals surface area contributed by atoms with Gasteiger partial charge in [0.15, 0.2) is 0 Å². The minimum Gasteiger partial charge on any atom is -0.390 e. The van der Waals surface area contributed by atoms with Crippen molar-refractivity contribution < 1.29 is 17.7 Å². The molecule has 0 spiro atoms. The molecule has 3 unspecified atom stereocenters. The Bertz CT molecular complexity index is 258. The molecular formula is C6H10O4S. The molecule has 1 saturated heterocycles. The van der Waals surface area contributed by atoms with Crippen LogP contribution in [-0.4, -0.2) is 31.0 Å². The van der Waals surface area contributed by atoms with Crippen LogP contribution in [0.3, 0.4) is 0 Å². The molecule has 1 N–H and O–H groups in total. The zero-order valence-corrected chi connectivity index (χ0v) is 6.75. The van der Waals surface area contributed by atoms with E-state index in [1.807, 2.05) is 0 Å². The van der Waals surface area contributed by atoms with Crippen LogP contribution in [0.25, 0.3) is 0 Å². The Morgan fingerprint density at radius 1 is 1.36 bits per heavy atom. The second kappa shape index (κ2) is 2.18. The van der Waals surface area contributed by atoms with E-state index >= 15 is 0 Å². The van der Waals surface area contributed by atoms with Crippen LogP contribution in [-0.2, 0) is 14.3 Å². The van der Waals surface area contributed by atoms with Crippen LogP contribution >= 0.6 is 0 Å². The van der Waals surface area contributed by atoms with Crippen molar-refractivity contribution in [2.75, 3.05) is 0 Å². The summed E-state index contributed by atoms with van der Waals surface area (Å²) in [6, 6.07) is 0. The molecule has 2 aliphatic rings. The Labute approximate surface area is 65.3 Å². The Morgan fingerprint density at radius 2 is 2.09 bits per heavy atom. The van der Waals surface area contributed by atoms with Gasteiger partial charge >= 0.3 is 0 Å². The molecule has 3 atom stereocenters. The van der Waals surface area contributed by atoms with Crippen molar-refractivity contribution in [2.45, 2.75) is 36.7 Å². The van der Waals surface area contributed by atoms with Crippen molar-refractivity contribution in [1.29, 1.82) is 0 Å². The van der Waals surface area contributed by atoms with Crippen molar-refractivity contribution in [2.24, 2.45) is 0 Å². The Morgan fingerprint density at radius 3 is 2.73 bits per heavy atom. The summed E-state index contributed by atoms with van der Waals surface area (Å²) in [7, 11) is -3.32. The maximum atomic E-state index is 11.1. The highest BCUT2D eigenvalue weighted by Gasteiger charge is 2.46. The van der Waals surface area contributed by atoms with Gasteiger partial charge < -0.3 is 5.11 Å². The fraction of sp³-hybridized carbons (Fsp3) is 1.00. The molecule has 2 rings (SSSR count). The first-order chi connectivity index (χ1) is 5.09. The van der Waals surface area contributed by atoms with Crippen LogP contribution in [0.2, 0.25) is 0 Å². The monoisotopic (exact) mass is 178 g/mol. The van der Waals surface area contributed by atoms with Crippen LogP contribution in [0.5, 0.6) is 0 Å². The number of aliphatic hydroxyl groups is 1. The summed E-state index contributed by atoms with van der Waals surface area (Å²) in [5.41, 5.74) is 0. The first-order valence-electron chi connectivity index (χ1n) is 3.70. The van der Waals surface area contributed by atoms with Gasteiger partial charge in [-0.15, -0.1) is 0 Å². The van der Waals surface area contributed by atoms with Crippen molar-refractivity contribution in [3.8, 4) is 0 Å². The molecule has 1 saturated carbocycles. The molecule has 1 aliphatic carbocycles. The van der Waals surface area contributed by atoms with Gasteiger partial charge in [-0.25, -0.2) is 0 Å². The molecule has 2 fully saturated rings. The van der Waals surface area contributed by atoms with E-state index in [0.717, 1.165) is 0 Å². The van der Waals surface area contributed by atoms with Crippen LogP contribution in [0.1, 0.15) is 19.3 Å². The van der Waals surface area contributed by atoms with E-state index in [4.69, 9.17) is 4.18 Å². The number of rotatable bonds is 0. The highest BCUT2D eigenvalue weighted by atomic mass is 32.2. The summed E-state index contributed by atoms with van der Waals surface area (Å²) in [5.74, 6) is 0. The quantitative estimate of drug-likeness (QED) is 0.514. The molecule has 0 amide bonds. The topological polar surface area (TPSA) is 63.6 Å². The Hall–Kier alpha value is -0.130.